The van der Waals surface area contributed by atoms with Crippen LogP contribution in [0.3, 0.4) is 0 Å². The van der Waals surface area contributed by atoms with Gasteiger partial charge in [-0.15, -0.1) is 0 Å². The molecule has 0 unspecified atom stereocenters. The van der Waals surface area contributed by atoms with Gasteiger partial charge >= 0.3 is 6.18 Å². The number of hydrogen-bond acceptors (Lipinski definition) is 3. The fourth-order valence-electron chi connectivity index (χ4n) is 2.12. The van der Waals surface area contributed by atoms with Crippen LogP contribution < -0.4 is 10.6 Å². The van der Waals surface area contributed by atoms with Crippen LogP contribution in [0, 0.1) is 0 Å². The number of carbonyl (C=O) groups excluding carboxylic acids is 2. The predicted octanol–water partition coefficient (Wildman–Crippen LogP) is 1.47. The van der Waals surface area contributed by atoms with E-state index >= 15 is 0 Å². The highest BCUT2D eigenvalue weighted by Crippen LogP contribution is 2.29. The minimum atomic E-state index is -4.39. The van der Waals surface area contributed by atoms with Crippen LogP contribution in [-0.4, -0.2) is 42.9 Å². The van der Waals surface area contributed by atoms with Crippen molar-refractivity contribution in [3.05, 3.63) is 29.8 Å². The lowest BCUT2D eigenvalue weighted by molar-refractivity contribution is -0.137. The van der Waals surface area contributed by atoms with E-state index < -0.39 is 11.7 Å². The smallest absolute Gasteiger partial charge is 0.355 e. The van der Waals surface area contributed by atoms with Gasteiger partial charge in [-0.1, -0.05) is 0 Å². The third kappa shape index (κ3) is 4.73. The van der Waals surface area contributed by atoms with Gasteiger partial charge in [-0.3, -0.25) is 14.5 Å². The molecular weight excluding hydrogens is 299 g/mol. The second kappa shape index (κ2) is 6.78. The summed E-state index contributed by atoms with van der Waals surface area (Å²) in [5.41, 5.74) is -0.454. The zero-order valence-corrected chi connectivity index (χ0v) is 11.7. The number of benzene rings is 1. The molecule has 2 amide bonds. The van der Waals surface area contributed by atoms with Gasteiger partial charge in [0, 0.05) is 31.7 Å². The summed E-state index contributed by atoms with van der Waals surface area (Å²) in [6, 6.07) is 4.27. The molecule has 1 aliphatic rings. The normalized spacial score (nSPS) is 16.8. The molecule has 0 radical (unpaired) electrons. The van der Waals surface area contributed by atoms with Gasteiger partial charge in [0.25, 0.3) is 0 Å². The van der Waals surface area contributed by atoms with Crippen molar-refractivity contribution >= 4 is 17.5 Å². The summed E-state index contributed by atoms with van der Waals surface area (Å²) in [6.45, 7) is 1.61. The Morgan fingerprint density at radius 1 is 1.23 bits per heavy atom. The third-order valence-corrected chi connectivity index (χ3v) is 3.27. The van der Waals surface area contributed by atoms with E-state index in [2.05, 4.69) is 10.6 Å². The Labute approximate surface area is 125 Å². The van der Waals surface area contributed by atoms with E-state index in [9.17, 15) is 22.8 Å². The number of nitrogens with zero attached hydrogens (tertiary/aromatic N) is 1. The molecule has 2 rings (SSSR count). The molecule has 1 aromatic rings. The van der Waals surface area contributed by atoms with Crippen LogP contribution in [0.15, 0.2) is 24.3 Å². The highest BCUT2D eigenvalue weighted by molar-refractivity contribution is 5.92. The van der Waals surface area contributed by atoms with Gasteiger partial charge in [0.05, 0.1) is 12.1 Å². The zero-order chi connectivity index (χ0) is 16.2. The molecule has 0 spiro atoms. The van der Waals surface area contributed by atoms with Crippen LogP contribution in [-0.2, 0) is 15.8 Å². The molecular formula is C14H16F3N3O2. The van der Waals surface area contributed by atoms with Crippen LogP contribution in [0.4, 0.5) is 18.9 Å². The third-order valence-electron chi connectivity index (χ3n) is 3.27. The predicted molar refractivity (Wildman–Crippen MR) is 74.1 cm³/mol. The second-order valence-corrected chi connectivity index (χ2v) is 5.00. The summed E-state index contributed by atoms with van der Waals surface area (Å²) >= 11 is 0. The van der Waals surface area contributed by atoms with Crippen molar-refractivity contribution < 1.29 is 22.8 Å². The molecule has 0 aromatic heterocycles. The molecule has 0 aliphatic carbocycles. The molecule has 2 N–H and O–H groups in total. The molecule has 22 heavy (non-hydrogen) atoms. The van der Waals surface area contributed by atoms with Crippen molar-refractivity contribution in [1.82, 2.24) is 10.2 Å². The lowest BCUT2D eigenvalue weighted by Gasteiger charge is -2.18. The average molecular weight is 315 g/mol. The molecule has 0 saturated carbocycles. The van der Waals surface area contributed by atoms with E-state index in [0.717, 1.165) is 12.1 Å². The zero-order valence-electron chi connectivity index (χ0n) is 11.7. The lowest BCUT2D eigenvalue weighted by atomic mass is 10.2. The molecule has 1 aliphatic heterocycles. The summed E-state index contributed by atoms with van der Waals surface area (Å²) < 4.78 is 37.3. The fraction of sp³-hybridized carbons (Fsp3) is 0.429. The Hall–Kier alpha value is -2.09. The molecule has 120 valence electrons. The number of carbonyl (C=O) groups is 2. The first-order valence-electron chi connectivity index (χ1n) is 6.81. The fourth-order valence-corrected chi connectivity index (χ4v) is 2.12. The number of halogens is 3. The van der Waals surface area contributed by atoms with Crippen LogP contribution in [0.25, 0.3) is 0 Å². The quantitative estimate of drug-likeness (QED) is 0.888. The molecule has 5 nitrogen and oxygen atoms in total. The number of anilines is 1. The molecule has 1 fully saturated rings. The minimum absolute atomic E-state index is 0.0503. The highest BCUT2D eigenvalue weighted by Gasteiger charge is 2.30. The number of alkyl halides is 3. The van der Waals surface area contributed by atoms with Crippen LogP contribution in [0.2, 0.25) is 0 Å². The van der Waals surface area contributed by atoms with Gasteiger partial charge in [-0.25, -0.2) is 0 Å². The Bertz CT molecular complexity index is 543. The summed E-state index contributed by atoms with van der Waals surface area (Å²) in [7, 11) is 0. The van der Waals surface area contributed by atoms with Gasteiger partial charge < -0.3 is 10.6 Å². The van der Waals surface area contributed by atoms with E-state index in [-0.39, 0.29) is 18.4 Å². The monoisotopic (exact) mass is 315 g/mol. The first-order chi connectivity index (χ1) is 10.3. The number of hydrogen-bond donors (Lipinski definition) is 2. The number of nitrogens with one attached hydrogen (secondary N) is 2. The van der Waals surface area contributed by atoms with Gasteiger partial charge in [0.15, 0.2) is 0 Å². The standard InChI is InChI=1S/C14H16F3N3O2/c15-14(16,17)10-1-3-11(4-2-10)19-13(22)9-20-7-5-12(21)18-6-8-20/h1-4H,5-9H2,(H,18,21)(H,19,22). The Morgan fingerprint density at radius 2 is 1.91 bits per heavy atom. The van der Waals surface area contributed by atoms with Gasteiger partial charge in [0.1, 0.15) is 0 Å². The van der Waals surface area contributed by atoms with Crippen molar-refractivity contribution in [2.75, 3.05) is 31.5 Å². The topological polar surface area (TPSA) is 61.4 Å². The number of rotatable bonds is 3. The van der Waals surface area contributed by atoms with Gasteiger partial charge in [0.2, 0.25) is 11.8 Å². The molecule has 0 atom stereocenters. The lowest BCUT2D eigenvalue weighted by Crippen LogP contribution is -2.35. The average Bonchev–Trinajstić information content (AvgIpc) is 2.63. The van der Waals surface area contributed by atoms with Gasteiger partial charge in [-0.05, 0) is 24.3 Å². The van der Waals surface area contributed by atoms with E-state index in [4.69, 9.17) is 0 Å². The SMILES string of the molecule is O=C1CCN(CC(=O)Nc2ccc(C(F)(F)F)cc2)CCN1. The van der Waals surface area contributed by atoms with E-state index in [0.29, 0.717) is 31.7 Å². The molecule has 8 heteroatoms. The first-order valence-corrected chi connectivity index (χ1v) is 6.81. The largest absolute Gasteiger partial charge is 0.416 e. The molecule has 1 heterocycles. The summed E-state index contributed by atoms with van der Waals surface area (Å²) in [4.78, 5) is 24.9. The van der Waals surface area contributed by atoms with Crippen LogP contribution in [0.1, 0.15) is 12.0 Å². The first kappa shape index (κ1) is 16.3. The van der Waals surface area contributed by atoms with E-state index in [1.807, 2.05) is 4.90 Å². The second-order valence-electron chi connectivity index (χ2n) is 5.00. The maximum Gasteiger partial charge on any atom is 0.416 e. The Balaban J connectivity index is 1.87. The van der Waals surface area contributed by atoms with Crippen molar-refractivity contribution in [2.45, 2.75) is 12.6 Å². The summed E-state index contributed by atoms with van der Waals surface area (Å²) in [5.74, 6) is -0.375. The van der Waals surface area contributed by atoms with E-state index in [1.165, 1.54) is 12.1 Å². The van der Waals surface area contributed by atoms with Gasteiger partial charge in [-0.2, -0.15) is 13.2 Å². The molecule has 0 bridgehead atoms. The highest BCUT2D eigenvalue weighted by atomic mass is 19.4. The maximum atomic E-state index is 12.4. The van der Waals surface area contributed by atoms with Crippen molar-refractivity contribution in [1.29, 1.82) is 0 Å². The molecule has 1 aromatic carbocycles. The van der Waals surface area contributed by atoms with Crippen molar-refractivity contribution in [2.24, 2.45) is 0 Å². The summed E-state index contributed by atoms with van der Waals surface area (Å²) in [5, 5.41) is 5.25. The molecule has 1 saturated heterocycles. The Kier molecular flexibility index (Phi) is 5.02. The minimum Gasteiger partial charge on any atom is -0.355 e. The van der Waals surface area contributed by atoms with E-state index in [1.54, 1.807) is 0 Å². The van der Waals surface area contributed by atoms with Crippen molar-refractivity contribution in [3.8, 4) is 0 Å². The Morgan fingerprint density at radius 3 is 2.55 bits per heavy atom. The maximum absolute atomic E-state index is 12.4. The van der Waals surface area contributed by atoms with Crippen LogP contribution in [0.5, 0.6) is 0 Å². The van der Waals surface area contributed by atoms with Crippen molar-refractivity contribution in [3.63, 3.8) is 0 Å². The van der Waals surface area contributed by atoms with Crippen LogP contribution >= 0.6 is 0 Å². The number of amides is 2. The summed E-state index contributed by atoms with van der Waals surface area (Å²) in [6.07, 6.45) is -4.07.